The van der Waals surface area contributed by atoms with E-state index in [1.54, 1.807) is 0 Å². The lowest BCUT2D eigenvalue weighted by Gasteiger charge is -2.15. The molecule has 0 unspecified atom stereocenters. The number of rotatable bonds is 6. The van der Waals surface area contributed by atoms with E-state index in [0.29, 0.717) is 11.2 Å². The van der Waals surface area contributed by atoms with Crippen molar-refractivity contribution in [3.8, 4) is 0 Å². The van der Waals surface area contributed by atoms with E-state index < -0.39 is 0 Å². The maximum Gasteiger partial charge on any atom is 0.252 e. The molecule has 0 saturated heterocycles. The van der Waals surface area contributed by atoms with Gasteiger partial charge in [0, 0.05) is 18.5 Å². The van der Waals surface area contributed by atoms with Gasteiger partial charge in [0.05, 0.1) is 0 Å². The van der Waals surface area contributed by atoms with E-state index >= 15 is 0 Å². The van der Waals surface area contributed by atoms with Gasteiger partial charge in [-0.1, -0.05) is 13.8 Å². The van der Waals surface area contributed by atoms with Crippen molar-refractivity contribution < 1.29 is 0 Å². The molecule has 1 fully saturated rings. The summed E-state index contributed by atoms with van der Waals surface area (Å²) < 4.78 is 0. The summed E-state index contributed by atoms with van der Waals surface area (Å²) in [5, 5.41) is 3.28. The van der Waals surface area contributed by atoms with Crippen LogP contribution in [-0.4, -0.2) is 23.1 Å². The SMILES string of the molecule is CC(C)c1nc(NCC2(CCN)CC2)cc(=O)[nH]1. The first kappa shape index (κ1) is 13.1. The van der Waals surface area contributed by atoms with Crippen molar-refractivity contribution in [1.82, 2.24) is 9.97 Å². The smallest absolute Gasteiger partial charge is 0.252 e. The van der Waals surface area contributed by atoms with Gasteiger partial charge in [0.2, 0.25) is 0 Å². The number of H-pyrrole nitrogens is 1. The molecule has 1 aromatic heterocycles. The average Bonchev–Trinajstić information content (AvgIpc) is 3.07. The van der Waals surface area contributed by atoms with Gasteiger partial charge in [0.15, 0.2) is 0 Å². The molecule has 0 radical (unpaired) electrons. The number of anilines is 1. The molecule has 0 atom stereocenters. The first-order valence-corrected chi connectivity index (χ1v) is 6.60. The summed E-state index contributed by atoms with van der Waals surface area (Å²) in [6.07, 6.45) is 3.48. The van der Waals surface area contributed by atoms with Crippen LogP contribution in [0, 0.1) is 5.41 Å². The molecular formula is C13H22N4O. The minimum Gasteiger partial charge on any atom is -0.369 e. The Morgan fingerprint density at radius 3 is 2.83 bits per heavy atom. The zero-order valence-electron chi connectivity index (χ0n) is 11.1. The van der Waals surface area contributed by atoms with Crippen LogP contribution in [0.2, 0.25) is 0 Å². The van der Waals surface area contributed by atoms with Gasteiger partial charge in [-0.3, -0.25) is 4.79 Å². The number of nitrogens with zero attached hydrogens (tertiary/aromatic N) is 1. The minimum atomic E-state index is -0.0973. The molecule has 1 heterocycles. The Kier molecular flexibility index (Phi) is 3.71. The van der Waals surface area contributed by atoms with Gasteiger partial charge in [-0.05, 0) is 31.2 Å². The maximum atomic E-state index is 11.5. The third-order valence-electron chi connectivity index (χ3n) is 3.58. The Morgan fingerprint density at radius 1 is 1.56 bits per heavy atom. The molecule has 0 amide bonds. The molecule has 18 heavy (non-hydrogen) atoms. The van der Waals surface area contributed by atoms with Crippen molar-refractivity contribution >= 4 is 5.82 Å². The quantitative estimate of drug-likeness (QED) is 0.713. The van der Waals surface area contributed by atoms with Crippen molar-refractivity contribution in [1.29, 1.82) is 0 Å². The first-order chi connectivity index (χ1) is 8.54. The molecule has 4 N–H and O–H groups in total. The van der Waals surface area contributed by atoms with E-state index in [1.165, 1.54) is 18.9 Å². The van der Waals surface area contributed by atoms with Gasteiger partial charge in [-0.15, -0.1) is 0 Å². The second-order valence-corrected chi connectivity index (χ2v) is 5.56. The molecule has 0 aliphatic heterocycles. The molecule has 5 nitrogen and oxygen atoms in total. The number of nitrogens with two attached hydrogens (primary N) is 1. The molecule has 1 aliphatic rings. The summed E-state index contributed by atoms with van der Waals surface area (Å²) in [7, 11) is 0. The molecule has 0 bridgehead atoms. The van der Waals surface area contributed by atoms with Crippen LogP contribution in [0.3, 0.4) is 0 Å². The minimum absolute atomic E-state index is 0.0973. The Balaban J connectivity index is 2.03. The van der Waals surface area contributed by atoms with Crippen molar-refractivity contribution in [2.45, 2.75) is 39.0 Å². The van der Waals surface area contributed by atoms with Crippen LogP contribution in [-0.2, 0) is 0 Å². The van der Waals surface area contributed by atoms with Crippen molar-refractivity contribution in [3.63, 3.8) is 0 Å². The third-order valence-corrected chi connectivity index (χ3v) is 3.58. The van der Waals surface area contributed by atoms with Gasteiger partial charge in [-0.25, -0.2) is 4.98 Å². The highest BCUT2D eigenvalue weighted by Crippen LogP contribution is 2.48. The first-order valence-electron chi connectivity index (χ1n) is 6.60. The summed E-state index contributed by atoms with van der Waals surface area (Å²) >= 11 is 0. The molecule has 100 valence electrons. The number of aromatic amines is 1. The lowest BCUT2D eigenvalue weighted by molar-refractivity contribution is 0.500. The van der Waals surface area contributed by atoms with Crippen LogP contribution in [0.4, 0.5) is 5.82 Å². The molecule has 0 spiro atoms. The van der Waals surface area contributed by atoms with Crippen LogP contribution in [0.1, 0.15) is 44.9 Å². The predicted molar refractivity (Wildman–Crippen MR) is 72.8 cm³/mol. The van der Waals surface area contributed by atoms with Gasteiger partial charge in [0.1, 0.15) is 11.6 Å². The monoisotopic (exact) mass is 250 g/mol. The van der Waals surface area contributed by atoms with Crippen molar-refractivity contribution in [2.75, 3.05) is 18.4 Å². The highest BCUT2D eigenvalue weighted by molar-refractivity contribution is 5.34. The van der Waals surface area contributed by atoms with E-state index in [9.17, 15) is 4.79 Å². The lowest BCUT2D eigenvalue weighted by atomic mass is 10.0. The Morgan fingerprint density at radius 2 is 2.28 bits per heavy atom. The summed E-state index contributed by atoms with van der Waals surface area (Å²) in [5.74, 6) is 1.62. The Hall–Kier alpha value is -1.36. The molecule has 1 aliphatic carbocycles. The largest absolute Gasteiger partial charge is 0.369 e. The van der Waals surface area contributed by atoms with Gasteiger partial charge in [-0.2, -0.15) is 0 Å². The number of hydrogen-bond acceptors (Lipinski definition) is 4. The van der Waals surface area contributed by atoms with Crippen LogP contribution in [0.5, 0.6) is 0 Å². The van der Waals surface area contributed by atoms with Crippen molar-refractivity contribution in [2.24, 2.45) is 11.1 Å². The van der Waals surface area contributed by atoms with E-state index in [-0.39, 0.29) is 11.5 Å². The maximum absolute atomic E-state index is 11.5. The van der Waals surface area contributed by atoms with E-state index in [2.05, 4.69) is 15.3 Å². The van der Waals surface area contributed by atoms with Crippen molar-refractivity contribution in [3.05, 3.63) is 22.2 Å². The second kappa shape index (κ2) is 5.10. The standard InChI is InChI=1S/C13H22N4O/c1-9(2)12-16-10(7-11(18)17-12)15-8-13(3-4-13)5-6-14/h7,9H,3-6,8,14H2,1-2H3,(H2,15,16,17,18). The lowest BCUT2D eigenvalue weighted by Crippen LogP contribution is -2.21. The zero-order chi connectivity index (χ0) is 13.2. The summed E-state index contributed by atoms with van der Waals surface area (Å²) in [4.78, 5) is 18.7. The van der Waals surface area contributed by atoms with Crippen LogP contribution < -0.4 is 16.6 Å². The molecular weight excluding hydrogens is 228 g/mol. The Labute approximate surface area is 107 Å². The Bertz CT molecular complexity index is 462. The number of nitrogens with one attached hydrogen (secondary N) is 2. The summed E-state index contributed by atoms with van der Waals surface area (Å²) in [6, 6.07) is 1.52. The van der Waals surface area contributed by atoms with Crippen LogP contribution in [0.15, 0.2) is 10.9 Å². The van der Waals surface area contributed by atoms with Gasteiger partial charge >= 0.3 is 0 Å². The predicted octanol–water partition coefficient (Wildman–Crippen LogP) is 1.43. The highest BCUT2D eigenvalue weighted by atomic mass is 16.1. The molecule has 2 rings (SSSR count). The fraction of sp³-hybridized carbons (Fsp3) is 0.692. The fourth-order valence-electron chi connectivity index (χ4n) is 2.12. The molecule has 0 aromatic carbocycles. The van der Waals surface area contributed by atoms with Gasteiger partial charge < -0.3 is 16.0 Å². The topological polar surface area (TPSA) is 83.8 Å². The van der Waals surface area contributed by atoms with Gasteiger partial charge in [0.25, 0.3) is 5.56 Å². The second-order valence-electron chi connectivity index (χ2n) is 5.56. The zero-order valence-corrected chi connectivity index (χ0v) is 11.1. The van der Waals surface area contributed by atoms with E-state index in [0.717, 1.165) is 25.3 Å². The average molecular weight is 250 g/mol. The number of hydrogen-bond donors (Lipinski definition) is 3. The molecule has 5 heteroatoms. The third kappa shape index (κ3) is 3.10. The van der Waals surface area contributed by atoms with Crippen LogP contribution in [0.25, 0.3) is 0 Å². The molecule has 1 aromatic rings. The normalized spacial score (nSPS) is 16.9. The van der Waals surface area contributed by atoms with E-state index in [1.807, 2.05) is 13.8 Å². The molecule has 1 saturated carbocycles. The fourth-order valence-corrected chi connectivity index (χ4v) is 2.12. The number of aromatic nitrogens is 2. The summed E-state index contributed by atoms with van der Waals surface area (Å²) in [6.45, 7) is 5.61. The van der Waals surface area contributed by atoms with Crippen LogP contribution >= 0.6 is 0 Å². The highest BCUT2D eigenvalue weighted by Gasteiger charge is 2.41. The van der Waals surface area contributed by atoms with E-state index in [4.69, 9.17) is 5.73 Å². The summed E-state index contributed by atoms with van der Waals surface area (Å²) in [5.41, 5.74) is 5.86.